The first-order valence-corrected chi connectivity index (χ1v) is 28.3. The minimum Gasteiger partial charge on any atom is -0.481 e. The summed E-state index contributed by atoms with van der Waals surface area (Å²) in [5, 5.41) is 48.5. The number of hydrogen-bond acceptors (Lipinski definition) is 16. The molecule has 0 unspecified atom stereocenters. The number of carboxylic acid groups (broad SMARTS) is 3. The van der Waals surface area contributed by atoms with E-state index in [4.69, 9.17) is 22.3 Å². The van der Waals surface area contributed by atoms with Crippen LogP contribution in [0.4, 0.5) is 0 Å². The van der Waals surface area contributed by atoms with Gasteiger partial charge >= 0.3 is 17.9 Å². The molecule has 468 valence electrons. The minimum absolute atomic E-state index is 0.0342. The molecule has 0 spiro atoms. The highest BCUT2D eigenvalue weighted by Gasteiger charge is 2.44. The molecule has 30 nitrogen and oxygen atoms in total. The van der Waals surface area contributed by atoms with Gasteiger partial charge in [-0.2, -0.15) is 0 Å². The number of likely N-dealkylation sites (tertiary alicyclic amines) is 2. The first-order valence-electron chi connectivity index (χ1n) is 28.3. The van der Waals surface area contributed by atoms with Gasteiger partial charge < -0.3 is 84.9 Å². The van der Waals surface area contributed by atoms with Crippen molar-refractivity contribution in [2.75, 3.05) is 19.6 Å². The number of carboxylic acids is 3. The maximum atomic E-state index is 14.5. The summed E-state index contributed by atoms with van der Waals surface area (Å²) in [7, 11) is 0. The summed E-state index contributed by atoms with van der Waals surface area (Å²) in [6, 6.07) is -14.2. The number of unbranched alkanes of at least 4 members (excludes halogenated alkanes) is 1. The number of nitrogens with zero attached hydrogens (tertiary/aromatic N) is 2. The summed E-state index contributed by atoms with van der Waals surface area (Å²) < 4.78 is 0. The van der Waals surface area contributed by atoms with Crippen molar-refractivity contribution in [2.24, 2.45) is 35.0 Å². The Labute approximate surface area is 482 Å². The smallest absolute Gasteiger partial charge is 0.326 e. The molecule has 0 aromatic heterocycles. The standard InChI is InChI=1S/C53H89N13O17/c1-26(2)25-35(47(76)63-41(27(3)4)50(79)59-31(13-9-10-22-54)45(74)58-32(16-19-38(56)67)46(75)61-34(53(82)83)18-21-40(70)71)62-48(77)36-14-12-24-66(36)52(81)42(28(5)6)64-49(78)37-15-11-23-65(37)51(80)33(17-20-39(68)69)60-44(73)30(8)57-43(72)29(7)55/h26-37,41-42H,9-25,54-55H2,1-8H3,(H2,56,67)(H,57,72)(H,58,74)(H,59,79)(H,60,73)(H,61,75)(H,62,77)(H,63,76)(H,64,78)(H,68,69)(H,70,71)(H,82,83)/t29-,30-,31-,32-,33-,34-,35-,36-,37-,41-,42-/m0/s1. The number of rotatable bonds is 36. The van der Waals surface area contributed by atoms with Crippen molar-refractivity contribution >= 4 is 82.9 Å². The molecule has 30 heteroatoms. The van der Waals surface area contributed by atoms with Crippen molar-refractivity contribution in [3.05, 3.63) is 0 Å². The fourth-order valence-corrected chi connectivity index (χ4v) is 9.39. The van der Waals surface area contributed by atoms with Crippen molar-refractivity contribution in [3.8, 4) is 0 Å². The lowest BCUT2D eigenvalue weighted by atomic mass is 9.98. The molecule has 2 aliphatic rings. The average molecular weight is 1180 g/mol. The van der Waals surface area contributed by atoms with Crippen LogP contribution in [0.2, 0.25) is 0 Å². The predicted molar refractivity (Wildman–Crippen MR) is 296 cm³/mol. The Morgan fingerprint density at radius 3 is 1.42 bits per heavy atom. The SMILES string of the molecule is CC(C)C[C@H](NC(=O)[C@@H]1CCCN1C(=O)[C@@H](NC(=O)[C@@H]1CCCN1C(=O)[C@H](CCC(=O)O)NC(=O)[C@H](C)NC(=O)[C@H](C)N)C(C)C)C(=O)N[C@H](C(=O)N[C@@H](CCCCN)C(=O)N[C@@H](CCC(N)=O)C(=O)N[C@@H](CCC(=O)O)C(=O)O)C(C)C. The van der Waals surface area contributed by atoms with E-state index in [2.05, 4.69) is 42.5 Å². The number of nitrogens with two attached hydrogens (primary N) is 3. The number of hydrogen-bond donors (Lipinski definition) is 14. The maximum absolute atomic E-state index is 14.5. The predicted octanol–water partition coefficient (Wildman–Crippen LogP) is -3.22. The van der Waals surface area contributed by atoms with Gasteiger partial charge in [0.2, 0.25) is 65.0 Å². The third kappa shape index (κ3) is 23.7. The molecule has 0 bridgehead atoms. The third-order valence-electron chi connectivity index (χ3n) is 14.1. The average Bonchev–Trinajstić information content (AvgIpc) is 4.25. The van der Waals surface area contributed by atoms with Crippen LogP contribution < -0.4 is 59.7 Å². The van der Waals surface area contributed by atoms with E-state index in [1.54, 1.807) is 41.5 Å². The van der Waals surface area contributed by atoms with Crippen molar-refractivity contribution in [3.63, 3.8) is 0 Å². The van der Waals surface area contributed by atoms with Gasteiger partial charge in [0.25, 0.3) is 0 Å². The fraction of sp³-hybridized carbons (Fsp3) is 0.736. The molecule has 0 radical (unpaired) electrons. The number of carbonyl (C=O) groups excluding carboxylic acids is 11. The zero-order valence-corrected chi connectivity index (χ0v) is 48.8. The van der Waals surface area contributed by atoms with Gasteiger partial charge in [0, 0.05) is 32.4 Å². The summed E-state index contributed by atoms with van der Waals surface area (Å²) in [4.78, 5) is 187. The third-order valence-corrected chi connectivity index (χ3v) is 14.1. The van der Waals surface area contributed by atoms with Crippen LogP contribution in [0.5, 0.6) is 0 Å². The van der Waals surface area contributed by atoms with Gasteiger partial charge in [-0.25, -0.2) is 4.79 Å². The van der Waals surface area contributed by atoms with Gasteiger partial charge in [0.1, 0.15) is 60.4 Å². The Kier molecular flexibility index (Phi) is 30.0. The minimum atomic E-state index is -1.68. The van der Waals surface area contributed by atoms with E-state index in [-0.39, 0.29) is 64.1 Å². The van der Waals surface area contributed by atoms with Gasteiger partial charge in [0.05, 0.1) is 6.04 Å². The molecule has 2 saturated heterocycles. The normalized spacial score (nSPS) is 18.2. The topological polar surface area (TPSA) is 480 Å². The Morgan fingerprint density at radius 2 is 0.940 bits per heavy atom. The van der Waals surface area contributed by atoms with E-state index in [1.165, 1.54) is 23.6 Å². The highest BCUT2D eigenvalue weighted by atomic mass is 16.4. The molecule has 2 fully saturated rings. The van der Waals surface area contributed by atoms with Crippen LogP contribution >= 0.6 is 0 Å². The molecule has 17 N–H and O–H groups in total. The summed E-state index contributed by atoms with van der Waals surface area (Å²) >= 11 is 0. The second-order valence-electron chi connectivity index (χ2n) is 22.3. The Hall–Kier alpha value is -7.50. The van der Waals surface area contributed by atoms with Crippen molar-refractivity contribution in [1.29, 1.82) is 0 Å². The molecule has 83 heavy (non-hydrogen) atoms. The maximum Gasteiger partial charge on any atom is 0.326 e. The van der Waals surface area contributed by atoms with Crippen LogP contribution in [0.15, 0.2) is 0 Å². The summed E-state index contributed by atoms with van der Waals surface area (Å²) in [6.07, 6.45) is -1.05. The molecule has 2 heterocycles. The Balaban J connectivity index is 2.34. The quantitative estimate of drug-likeness (QED) is 0.0275. The van der Waals surface area contributed by atoms with Crippen LogP contribution in [0, 0.1) is 17.8 Å². The Morgan fingerprint density at radius 1 is 0.482 bits per heavy atom. The molecule has 2 aliphatic heterocycles. The van der Waals surface area contributed by atoms with Gasteiger partial charge in [-0.05, 0) is 109 Å². The second kappa shape index (κ2) is 34.8. The fourth-order valence-electron chi connectivity index (χ4n) is 9.39. The van der Waals surface area contributed by atoms with E-state index in [0.717, 1.165) is 0 Å². The van der Waals surface area contributed by atoms with Gasteiger partial charge in [-0.3, -0.25) is 62.3 Å². The van der Waals surface area contributed by atoms with Crippen molar-refractivity contribution in [2.45, 2.75) is 212 Å². The van der Waals surface area contributed by atoms with Crippen molar-refractivity contribution < 1.29 is 82.4 Å². The second-order valence-corrected chi connectivity index (χ2v) is 22.3. The van der Waals surface area contributed by atoms with E-state index in [9.17, 15) is 77.3 Å². The zero-order valence-electron chi connectivity index (χ0n) is 48.8. The summed E-state index contributed by atoms with van der Waals surface area (Å²) in [5.41, 5.74) is 16.6. The van der Waals surface area contributed by atoms with E-state index >= 15 is 0 Å². The molecular weight excluding hydrogens is 1090 g/mol. The van der Waals surface area contributed by atoms with Gasteiger partial charge in [-0.15, -0.1) is 0 Å². The lowest BCUT2D eigenvalue weighted by Gasteiger charge is -2.33. The highest BCUT2D eigenvalue weighted by Crippen LogP contribution is 2.24. The largest absolute Gasteiger partial charge is 0.481 e. The molecule has 0 aromatic rings. The number of primary amides is 1. The number of amides is 11. The van der Waals surface area contributed by atoms with Crippen LogP contribution in [0.3, 0.4) is 0 Å². The summed E-state index contributed by atoms with van der Waals surface area (Å²) in [6.45, 7) is 13.3. The van der Waals surface area contributed by atoms with Crippen molar-refractivity contribution in [1.82, 2.24) is 52.3 Å². The van der Waals surface area contributed by atoms with Crippen LogP contribution in [-0.2, 0) is 67.1 Å². The van der Waals surface area contributed by atoms with Crippen LogP contribution in [-0.4, -0.2) is 194 Å². The summed E-state index contributed by atoms with van der Waals surface area (Å²) in [5.74, 6) is -14.2. The van der Waals surface area contributed by atoms with Crippen LogP contribution in [0.1, 0.15) is 145 Å². The number of carbonyl (C=O) groups is 14. The van der Waals surface area contributed by atoms with Gasteiger partial charge in [-0.1, -0.05) is 41.5 Å². The molecule has 0 aromatic carbocycles. The molecule has 11 amide bonds. The first-order chi connectivity index (χ1) is 38.8. The van der Waals surface area contributed by atoms with Gasteiger partial charge in [0.15, 0.2) is 0 Å². The molecule has 11 atom stereocenters. The highest BCUT2D eigenvalue weighted by molar-refractivity contribution is 5.99. The molecule has 0 saturated carbocycles. The van der Waals surface area contributed by atoms with E-state index < -0.39 is 193 Å². The number of aliphatic carboxylic acids is 3. The van der Waals surface area contributed by atoms with E-state index in [0.29, 0.717) is 19.3 Å². The lowest BCUT2D eigenvalue weighted by Crippen LogP contribution is -2.61. The molecular formula is C53H89N13O17. The van der Waals surface area contributed by atoms with E-state index in [1.807, 2.05) is 0 Å². The lowest BCUT2D eigenvalue weighted by molar-refractivity contribution is -0.145. The molecule has 2 rings (SSSR count). The Bertz CT molecular complexity index is 2330. The van der Waals surface area contributed by atoms with Crippen LogP contribution in [0.25, 0.3) is 0 Å². The monoisotopic (exact) mass is 1180 g/mol. The molecule has 0 aliphatic carbocycles. The first kappa shape index (κ1) is 71.6. The number of nitrogens with one attached hydrogen (secondary N) is 8. The zero-order chi connectivity index (χ0) is 63.0.